The summed E-state index contributed by atoms with van der Waals surface area (Å²) < 4.78 is 10.5. The molecule has 3 rings (SSSR count). The summed E-state index contributed by atoms with van der Waals surface area (Å²) in [5, 5.41) is 0. The molecular formula is C18H18O3. The number of ether oxygens (including phenoxy) is 2. The fourth-order valence-corrected chi connectivity index (χ4v) is 3.31. The van der Waals surface area contributed by atoms with Crippen molar-refractivity contribution in [3.8, 4) is 11.1 Å². The van der Waals surface area contributed by atoms with E-state index in [0.717, 1.165) is 27.8 Å². The number of esters is 1. The smallest absolute Gasteiger partial charge is 0.323 e. The van der Waals surface area contributed by atoms with Crippen molar-refractivity contribution in [2.45, 2.75) is 12.3 Å². The van der Waals surface area contributed by atoms with Gasteiger partial charge in [-0.1, -0.05) is 48.0 Å². The number of hydrogen-bond acceptors (Lipinski definition) is 3. The largest absolute Gasteiger partial charge is 0.468 e. The molecule has 0 bridgehead atoms. The number of carbonyl (C=O) groups excluding carboxylic acids is 1. The van der Waals surface area contributed by atoms with Crippen LogP contribution in [-0.2, 0) is 19.7 Å². The van der Waals surface area contributed by atoms with Crippen LogP contribution in [0.15, 0.2) is 42.5 Å². The van der Waals surface area contributed by atoms with Gasteiger partial charge in [-0.05, 0) is 29.2 Å². The topological polar surface area (TPSA) is 35.5 Å². The number of rotatable bonds is 3. The van der Waals surface area contributed by atoms with E-state index in [1.165, 1.54) is 7.11 Å². The second-order valence-corrected chi connectivity index (χ2v) is 5.42. The van der Waals surface area contributed by atoms with Crippen LogP contribution in [0.4, 0.5) is 0 Å². The summed E-state index contributed by atoms with van der Waals surface area (Å²) in [7, 11) is 3.04. The van der Waals surface area contributed by atoms with Gasteiger partial charge in [-0.2, -0.15) is 0 Å². The molecule has 0 saturated heterocycles. The van der Waals surface area contributed by atoms with Gasteiger partial charge in [0, 0.05) is 7.11 Å². The summed E-state index contributed by atoms with van der Waals surface area (Å²) in [4.78, 5) is 12.7. The molecular weight excluding hydrogens is 264 g/mol. The second-order valence-electron chi connectivity index (χ2n) is 5.42. The molecule has 1 atom stereocenters. The van der Waals surface area contributed by atoms with Crippen molar-refractivity contribution in [1.82, 2.24) is 0 Å². The van der Waals surface area contributed by atoms with Crippen molar-refractivity contribution < 1.29 is 14.3 Å². The third-order valence-corrected chi connectivity index (χ3v) is 4.21. The van der Waals surface area contributed by atoms with Gasteiger partial charge in [0.05, 0.1) is 13.7 Å². The maximum absolute atomic E-state index is 12.7. The first-order valence-electron chi connectivity index (χ1n) is 6.93. The highest BCUT2D eigenvalue weighted by Crippen LogP contribution is 2.49. The Morgan fingerprint density at radius 1 is 1.05 bits per heavy atom. The zero-order valence-corrected chi connectivity index (χ0v) is 12.5. The first kappa shape index (κ1) is 13.8. The molecule has 0 heterocycles. The zero-order chi connectivity index (χ0) is 15.0. The Labute approximate surface area is 124 Å². The summed E-state index contributed by atoms with van der Waals surface area (Å²) in [6.45, 7) is 2.30. The molecule has 0 saturated carbocycles. The predicted molar refractivity (Wildman–Crippen MR) is 81.3 cm³/mol. The van der Waals surface area contributed by atoms with E-state index in [1.807, 2.05) is 31.2 Å². The van der Waals surface area contributed by atoms with Crippen molar-refractivity contribution in [1.29, 1.82) is 0 Å². The van der Waals surface area contributed by atoms with Crippen molar-refractivity contribution in [2.24, 2.45) is 0 Å². The predicted octanol–water partition coefficient (Wildman–Crippen LogP) is 3.08. The molecule has 0 amide bonds. The first-order valence-corrected chi connectivity index (χ1v) is 6.93. The Morgan fingerprint density at radius 2 is 1.76 bits per heavy atom. The molecule has 0 radical (unpaired) electrons. The van der Waals surface area contributed by atoms with E-state index >= 15 is 0 Å². The van der Waals surface area contributed by atoms with E-state index < -0.39 is 5.41 Å². The van der Waals surface area contributed by atoms with Crippen LogP contribution in [0.5, 0.6) is 0 Å². The van der Waals surface area contributed by atoms with E-state index in [2.05, 4.69) is 18.2 Å². The lowest BCUT2D eigenvalue weighted by atomic mass is 9.78. The van der Waals surface area contributed by atoms with Crippen LogP contribution in [0.25, 0.3) is 11.1 Å². The van der Waals surface area contributed by atoms with E-state index in [1.54, 1.807) is 7.11 Å². The maximum atomic E-state index is 12.7. The summed E-state index contributed by atoms with van der Waals surface area (Å²) in [5.74, 6) is -0.277. The summed E-state index contributed by atoms with van der Waals surface area (Å²) in [6.07, 6.45) is 0. The highest BCUT2D eigenvalue weighted by molar-refractivity contribution is 5.98. The van der Waals surface area contributed by atoms with E-state index in [-0.39, 0.29) is 12.6 Å². The van der Waals surface area contributed by atoms with Crippen LogP contribution >= 0.6 is 0 Å². The molecule has 3 nitrogen and oxygen atoms in total. The lowest BCUT2D eigenvalue weighted by Gasteiger charge is -2.28. The van der Waals surface area contributed by atoms with Crippen LogP contribution in [0.2, 0.25) is 0 Å². The van der Waals surface area contributed by atoms with Crippen molar-refractivity contribution in [2.75, 3.05) is 20.8 Å². The van der Waals surface area contributed by atoms with Gasteiger partial charge in [-0.3, -0.25) is 4.79 Å². The minimum atomic E-state index is -0.874. The number of aryl methyl sites for hydroxylation is 1. The molecule has 0 spiro atoms. The molecule has 0 aromatic heterocycles. The molecule has 1 aliphatic rings. The Balaban J connectivity index is 2.38. The Kier molecular flexibility index (Phi) is 3.30. The molecule has 1 unspecified atom stereocenters. The van der Waals surface area contributed by atoms with Crippen molar-refractivity contribution >= 4 is 5.97 Å². The molecule has 0 N–H and O–H groups in total. The van der Waals surface area contributed by atoms with Crippen LogP contribution in [0.3, 0.4) is 0 Å². The Bertz CT molecular complexity index is 705. The number of benzene rings is 2. The fourth-order valence-electron chi connectivity index (χ4n) is 3.31. The first-order chi connectivity index (χ1) is 10.1. The van der Waals surface area contributed by atoms with E-state index in [9.17, 15) is 4.79 Å². The van der Waals surface area contributed by atoms with Gasteiger partial charge in [0.15, 0.2) is 0 Å². The summed E-state index contributed by atoms with van der Waals surface area (Å²) in [5.41, 5.74) is 4.33. The molecule has 0 fully saturated rings. The van der Waals surface area contributed by atoms with Gasteiger partial charge in [0.25, 0.3) is 0 Å². The van der Waals surface area contributed by atoms with Gasteiger partial charge < -0.3 is 9.47 Å². The zero-order valence-electron chi connectivity index (χ0n) is 12.5. The normalized spacial score (nSPS) is 19.0. The van der Waals surface area contributed by atoms with Gasteiger partial charge in [-0.15, -0.1) is 0 Å². The number of hydrogen-bond donors (Lipinski definition) is 0. The van der Waals surface area contributed by atoms with Gasteiger partial charge >= 0.3 is 5.97 Å². The van der Waals surface area contributed by atoms with Crippen molar-refractivity contribution in [3.05, 3.63) is 59.2 Å². The van der Waals surface area contributed by atoms with E-state index in [0.29, 0.717) is 0 Å². The average Bonchev–Trinajstić information content (AvgIpc) is 2.78. The molecule has 108 valence electrons. The van der Waals surface area contributed by atoms with Gasteiger partial charge in [-0.25, -0.2) is 0 Å². The van der Waals surface area contributed by atoms with Gasteiger partial charge in [0.1, 0.15) is 5.41 Å². The lowest BCUT2D eigenvalue weighted by Crippen LogP contribution is -2.40. The quantitative estimate of drug-likeness (QED) is 0.812. The molecule has 2 aromatic rings. The van der Waals surface area contributed by atoms with E-state index in [4.69, 9.17) is 9.47 Å². The third-order valence-electron chi connectivity index (χ3n) is 4.21. The highest BCUT2D eigenvalue weighted by atomic mass is 16.5. The highest BCUT2D eigenvalue weighted by Gasteiger charge is 2.50. The summed E-state index contributed by atoms with van der Waals surface area (Å²) in [6, 6.07) is 14.2. The minimum absolute atomic E-state index is 0.271. The van der Waals surface area contributed by atoms with Crippen LogP contribution in [-0.4, -0.2) is 26.8 Å². The molecule has 2 aromatic carbocycles. The van der Waals surface area contributed by atoms with Crippen LogP contribution < -0.4 is 0 Å². The van der Waals surface area contributed by atoms with Crippen LogP contribution in [0.1, 0.15) is 16.7 Å². The molecule has 0 aliphatic heterocycles. The SMILES string of the molecule is COCC1(C(=O)OC)c2ccccc2-c2ccc(C)cc21. The van der Waals surface area contributed by atoms with Gasteiger partial charge in [0.2, 0.25) is 0 Å². The minimum Gasteiger partial charge on any atom is -0.468 e. The maximum Gasteiger partial charge on any atom is 0.323 e. The molecule has 3 heteroatoms. The van der Waals surface area contributed by atoms with Crippen molar-refractivity contribution in [3.63, 3.8) is 0 Å². The summed E-state index contributed by atoms with van der Waals surface area (Å²) >= 11 is 0. The lowest BCUT2D eigenvalue weighted by molar-refractivity contribution is -0.147. The Hall–Kier alpha value is -2.13. The average molecular weight is 282 g/mol. The molecule has 21 heavy (non-hydrogen) atoms. The molecule has 1 aliphatic carbocycles. The number of fused-ring (bicyclic) bond motifs is 3. The standard InChI is InChI=1S/C18H18O3/c1-12-8-9-14-13-6-4-5-7-15(13)18(11-20-2,16(14)10-12)17(19)21-3/h4-10H,11H2,1-3H3. The van der Waals surface area contributed by atoms with Crippen LogP contribution in [0, 0.1) is 6.92 Å². The fraction of sp³-hybridized carbons (Fsp3) is 0.278. The number of carbonyl (C=O) groups is 1. The number of methoxy groups -OCH3 is 2. The Morgan fingerprint density at radius 3 is 2.48 bits per heavy atom. The third kappa shape index (κ3) is 1.81. The second kappa shape index (κ2) is 5.01. The monoisotopic (exact) mass is 282 g/mol.